The number of thioether (sulfide) groups is 1. The Labute approximate surface area is 116 Å². The Balaban J connectivity index is 2.84. The van der Waals surface area contributed by atoms with Crippen molar-refractivity contribution in [2.75, 3.05) is 23.9 Å². The van der Waals surface area contributed by atoms with Crippen LogP contribution in [0.4, 0.5) is 11.4 Å². The summed E-state index contributed by atoms with van der Waals surface area (Å²) in [7, 11) is 0. The van der Waals surface area contributed by atoms with Gasteiger partial charge in [0.25, 0.3) is 0 Å². The Morgan fingerprint density at radius 1 is 1.61 bits per heavy atom. The van der Waals surface area contributed by atoms with Crippen molar-refractivity contribution in [1.29, 1.82) is 0 Å². The van der Waals surface area contributed by atoms with Crippen LogP contribution < -0.4 is 11.1 Å². The largest absolute Gasteiger partial charge is 0.478 e. The number of benzene rings is 1. The van der Waals surface area contributed by atoms with Crippen molar-refractivity contribution in [2.24, 2.45) is 0 Å². The molecule has 0 spiro atoms. The van der Waals surface area contributed by atoms with E-state index in [2.05, 4.69) is 12.2 Å². The Morgan fingerprint density at radius 2 is 2.28 bits per heavy atom. The number of rotatable bonds is 6. The number of carbonyl (C=O) groups is 1. The number of hydrogen-bond donors (Lipinski definition) is 3. The summed E-state index contributed by atoms with van der Waals surface area (Å²) in [5.41, 5.74) is 6.48. The number of hydrogen-bond acceptors (Lipinski definition) is 4. The van der Waals surface area contributed by atoms with E-state index in [0.717, 1.165) is 6.42 Å². The molecule has 0 amide bonds. The van der Waals surface area contributed by atoms with E-state index in [4.69, 9.17) is 22.4 Å². The first-order valence-electron chi connectivity index (χ1n) is 5.54. The third-order valence-electron chi connectivity index (χ3n) is 2.60. The lowest BCUT2D eigenvalue weighted by Crippen LogP contribution is -2.12. The minimum absolute atomic E-state index is 0.108. The van der Waals surface area contributed by atoms with Crippen LogP contribution in [-0.4, -0.2) is 29.1 Å². The summed E-state index contributed by atoms with van der Waals surface area (Å²) >= 11 is 7.78. The van der Waals surface area contributed by atoms with E-state index in [1.54, 1.807) is 17.8 Å². The number of nitrogens with two attached hydrogens (primary N) is 1. The van der Waals surface area contributed by atoms with Crippen LogP contribution >= 0.6 is 23.4 Å². The summed E-state index contributed by atoms with van der Waals surface area (Å²) in [6.07, 6.45) is 2.98. The van der Waals surface area contributed by atoms with Gasteiger partial charge in [0.2, 0.25) is 0 Å². The second-order valence-corrected chi connectivity index (χ2v) is 5.68. The van der Waals surface area contributed by atoms with Crippen LogP contribution in [0.2, 0.25) is 5.02 Å². The Morgan fingerprint density at radius 3 is 2.83 bits per heavy atom. The van der Waals surface area contributed by atoms with Crippen molar-refractivity contribution in [1.82, 2.24) is 0 Å². The van der Waals surface area contributed by atoms with E-state index in [1.165, 1.54) is 6.07 Å². The first kappa shape index (κ1) is 15.0. The molecule has 0 saturated heterocycles. The zero-order valence-electron chi connectivity index (χ0n) is 10.4. The molecule has 1 rings (SSSR count). The molecule has 0 bridgehead atoms. The van der Waals surface area contributed by atoms with Crippen LogP contribution in [-0.2, 0) is 0 Å². The third kappa shape index (κ3) is 3.99. The van der Waals surface area contributed by atoms with Crippen molar-refractivity contribution in [2.45, 2.75) is 18.6 Å². The molecule has 1 aromatic rings. The fraction of sp³-hybridized carbons (Fsp3) is 0.417. The lowest BCUT2D eigenvalue weighted by Gasteiger charge is -2.14. The zero-order valence-corrected chi connectivity index (χ0v) is 11.9. The summed E-state index contributed by atoms with van der Waals surface area (Å²) in [6.45, 7) is 2.79. The van der Waals surface area contributed by atoms with Crippen molar-refractivity contribution >= 4 is 40.7 Å². The monoisotopic (exact) mass is 288 g/mol. The van der Waals surface area contributed by atoms with Gasteiger partial charge in [0.05, 0.1) is 16.3 Å². The summed E-state index contributed by atoms with van der Waals surface area (Å²) < 4.78 is 0. The van der Waals surface area contributed by atoms with Gasteiger partial charge >= 0.3 is 5.97 Å². The molecule has 4 nitrogen and oxygen atoms in total. The van der Waals surface area contributed by atoms with Crippen molar-refractivity contribution in [3.05, 3.63) is 22.7 Å². The third-order valence-corrected chi connectivity index (χ3v) is 3.94. The standard InChI is InChI=1S/C12H17ClN2O2S/c1-7(18-2)3-4-15-11-9(12(16)17)5-8(14)6-10(11)13/h5-7,15H,3-4,14H2,1-2H3,(H,16,17). The van der Waals surface area contributed by atoms with E-state index in [-0.39, 0.29) is 5.56 Å². The highest BCUT2D eigenvalue weighted by Gasteiger charge is 2.14. The molecule has 0 heterocycles. The second kappa shape index (κ2) is 6.75. The van der Waals surface area contributed by atoms with Crippen molar-refractivity contribution < 1.29 is 9.90 Å². The van der Waals surface area contributed by atoms with Crippen LogP contribution in [0.15, 0.2) is 12.1 Å². The van der Waals surface area contributed by atoms with Gasteiger partial charge in [-0.3, -0.25) is 0 Å². The maximum atomic E-state index is 11.1. The molecule has 0 aliphatic heterocycles. The lowest BCUT2D eigenvalue weighted by molar-refractivity contribution is 0.0698. The molecule has 1 unspecified atom stereocenters. The van der Waals surface area contributed by atoms with Crippen molar-refractivity contribution in [3.8, 4) is 0 Å². The van der Waals surface area contributed by atoms with Crippen LogP contribution in [0.25, 0.3) is 0 Å². The van der Waals surface area contributed by atoms with E-state index in [9.17, 15) is 4.79 Å². The van der Waals surface area contributed by atoms with Gasteiger partial charge in [0.1, 0.15) is 0 Å². The van der Waals surface area contributed by atoms with E-state index < -0.39 is 5.97 Å². The molecular weight excluding hydrogens is 272 g/mol. The maximum absolute atomic E-state index is 11.1. The van der Waals surface area contributed by atoms with Gasteiger partial charge in [-0.15, -0.1) is 0 Å². The van der Waals surface area contributed by atoms with Gasteiger partial charge in [-0.05, 0) is 24.8 Å². The number of carboxylic acid groups (broad SMARTS) is 1. The summed E-state index contributed by atoms with van der Waals surface area (Å²) in [5, 5.41) is 13.0. The van der Waals surface area contributed by atoms with Gasteiger partial charge in [-0.1, -0.05) is 18.5 Å². The average molecular weight is 289 g/mol. The molecule has 0 aromatic heterocycles. The molecule has 100 valence electrons. The van der Waals surface area contributed by atoms with Crippen LogP contribution in [0.3, 0.4) is 0 Å². The lowest BCUT2D eigenvalue weighted by atomic mass is 10.1. The van der Waals surface area contributed by atoms with E-state index in [1.807, 2.05) is 6.26 Å². The zero-order chi connectivity index (χ0) is 13.7. The van der Waals surface area contributed by atoms with Crippen LogP contribution in [0, 0.1) is 0 Å². The number of nitrogens with one attached hydrogen (secondary N) is 1. The van der Waals surface area contributed by atoms with E-state index in [0.29, 0.717) is 28.2 Å². The topological polar surface area (TPSA) is 75.3 Å². The molecule has 18 heavy (non-hydrogen) atoms. The predicted molar refractivity (Wildman–Crippen MR) is 78.9 cm³/mol. The highest BCUT2D eigenvalue weighted by atomic mass is 35.5. The first-order chi connectivity index (χ1) is 8.45. The molecule has 1 aromatic carbocycles. The number of anilines is 2. The smallest absolute Gasteiger partial charge is 0.337 e. The predicted octanol–water partition coefficient (Wildman–Crippen LogP) is 3.17. The Kier molecular flexibility index (Phi) is 5.62. The minimum Gasteiger partial charge on any atom is -0.478 e. The molecule has 4 N–H and O–H groups in total. The molecule has 6 heteroatoms. The number of aromatic carboxylic acids is 1. The Bertz CT molecular complexity index is 440. The van der Waals surface area contributed by atoms with Gasteiger partial charge in [0, 0.05) is 17.5 Å². The van der Waals surface area contributed by atoms with Gasteiger partial charge < -0.3 is 16.2 Å². The number of halogens is 1. The molecule has 0 saturated carbocycles. The highest BCUT2D eigenvalue weighted by molar-refractivity contribution is 7.99. The molecular formula is C12H17ClN2O2S. The van der Waals surface area contributed by atoms with Gasteiger partial charge in [-0.25, -0.2) is 4.79 Å². The highest BCUT2D eigenvalue weighted by Crippen LogP contribution is 2.29. The SMILES string of the molecule is CSC(C)CCNc1c(Cl)cc(N)cc1C(=O)O. The molecule has 0 aliphatic carbocycles. The summed E-state index contributed by atoms with van der Waals surface area (Å²) in [4.78, 5) is 11.1. The van der Waals surface area contributed by atoms with Gasteiger partial charge in [-0.2, -0.15) is 11.8 Å². The van der Waals surface area contributed by atoms with Crippen molar-refractivity contribution in [3.63, 3.8) is 0 Å². The molecule has 1 atom stereocenters. The fourth-order valence-electron chi connectivity index (χ4n) is 1.49. The molecule has 0 aliphatic rings. The Hall–Kier alpha value is -1.07. The number of carboxylic acids is 1. The van der Waals surface area contributed by atoms with Gasteiger partial charge in [0.15, 0.2) is 0 Å². The van der Waals surface area contributed by atoms with Crippen LogP contribution in [0.5, 0.6) is 0 Å². The van der Waals surface area contributed by atoms with Crippen LogP contribution in [0.1, 0.15) is 23.7 Å². The first-order valence-corrected chi connectivity index (χ1v) is 7.21. The maximum Gasteiger partial charge on any atom is 0.337 e. The quantitative estimate of drug-likeness (QED) is 0.701. The normalized spacial score (nSPS) is 12.2. The van der Waals surface area contributed by atoms with E-state index >= 15 is 0 Å². The molecule has 0 fully saturated rings. The fourth-order valence-corrected chi connectivity index (χ4v) is 2.14. The minimum atomic E-state index is -1.04. The average Bonchev–Trinajstić information content (AvgIpc) is 2.30. The second-order valence-electron chi connectivity index (χ2n) is 3.99. The summed E-state index contributed by atoms with van der Waals surface area (Å²) in [6, 6.07) is 2.96. The molecule has 0 radical (unpaired) electrons. The summed E-state index contributed by atoms with van der Waals surface area (Å²) in [5.74, 6) is -1.04. The number of nitrogen functional groups attached to an aromatic ring is 1.